The fourth-order valence-corrected chi connectivity index (χ4v) is 4.10. The summed E-state index contributed by atoms with van der Waals surface area (Å²) < 4.78 is 16.9. The van der Waals surface area contributed by atoms with Gasteiger partial charge in [-0.25, -0.2) is 0 Å². The molecule has 0 heterocycles. The zero-order valence-corrected chi connectivity index (χ0v) is 23.1. The Hall–Kier alpha value is -1.88. The Morgan fingerprint density at radius 2 is 1.19 bits per heavy atom. The number of esters is 2. The van der Waals surface area contributed by atoms with Crippen LogP contribution in [0.1, 0.15) is 122 Å². The Bertz CT molecular complexity index is 616. The zero-order chi connectivity index (χ0) is 26.1. The second-order valence-corrected chi connectivity index (χ2v) is 9.95. The van der Waals surface area contributed by atoms with Gasteiger partial charge in [0.15, 0.2) is 0 Å². The molecule has 0 bridgehead atoms. The minimum atomic E-state index is -0.131. The predicted molar refractivity (Wildman–Crippen MR) is 147 cm³/mol. The van der Waals surface area contributed by atoms with Crippen molar-refractivity contribution in [2.24, 2.45) is 5.92 Å². The van der Waals surface area contributed by atoms with Crippen LogP contribution in [0.2, 0.25) is 0 Å². The molecular weight excluding hydrogens is 452 g/mol. The smallest absolute Gasteiger partial charge is 0.305 e. The van der Waals surface area contributed by atoms with Crippen LogP contribution < -0.4 is 0 Å². The van der Waals surface area contributed by atoms with Crippen molar-refractivity contribution >= 4 is 11.9 Å². The molecule has 1 aromatic rings. The van der Waals surface area contributed by atoms with Crippen molar-refractivity contribution < 1.29 is 23.8 Å². The van der Waals surface area contributed by atoms with E-state index in [9.17, 15) is 9.59 Å². The van der Waals surface area contributed by atoms with Crippen molar-refractivity contribution in [1.29, 1.82) is 0 Å². The Morgan fingerprint density at radius 3 is 1.75 bits per heavy atom. The fraction of sp³-hybridized carbons (Fsp3) is 0.742. The lowest BCUT2D eigenvalue weighted by Gasteiger charge is -2.17. The van der Waals surface area contributed by atoms with E-state index in [4.69, 9.17) is 14.2 Å². The summed E-state index contributed by atoms with van der Waals surface area (Å²) in [4.78, 5) is 24.3. The van der Waals surface area contributed by atoms with Crippen LogP contribution in [-0.4, -0.2) is 31.8 Å². The van der Waals surface area contributed by atoms with Crippen LogP contribution in [0.4, 0.5) is 0 Å². The maximum absolute atomic E-state index is 12.2. The van der Waals surface area contributed by atoms with Gasteiger partial charge < -0.3 is 14.2 Å². The molecule has 0 atom stereocenters. The second-order valence-electron chi connectivity index (χ2n) is 9.95. The topological polar surface area (TPSA) is 61.8 Å². The highest BCUT2D eigenvalue weighted by molar-refractivity contribution is 5.69. The minimum absolute atomic E-state index is 0.0586. The fourth-order valence-electron chi connectivity index (χ4n) is 4.10. The number of carbonyl (C=O) groups excluding carboxylic acids is 2. The summed E-state index contributed by atoms with van der Waals surface area (Å²) in [6, 6.07) is 10.2. The van der Waals surface area contributed by atoms with Crippen LogP contribution in [0.3, 0.4) is 0 Å². The summed E-state index contributed by atoms with van der Waals surface area (Å²) in [5, 5.41) is 0. The number of rotatable bonds is 24. The van der Waals surface area contributed by atoms with E-state index >= 15 is 0 Å². The standard InChI is InChI=1S/C31H52O5/c1-3-5-7-9-16-22-30(32)35-26-29(27-36-31(33)23-17-10-8-6-4-2)21-15-12-18-24-34-25-28-19-13-11-14-20-28/h11,13-14,19-20,29H,3-10,12,15-18,21-27H2,1-2H3. The SMILES string of the molecule is CCCCCCCC(=O)OCC(CCCCCOCc1ccccc1)COC(=O)CCCCCCC. The molecule has 1 rings (SSSR count). The molecule has 0 amide bonds. The van der Waals surface area contributed by atoms with E-state index in [1.165, 1.54) is 44.1 Å². The first-order valence-corrected chi connectivity index (χ1v) is 14.6. The maximum Gasteiger partial charge on any atom is 0.305 e. The largest absolute Gasteiger partial charge is 0.465 e. The van der Waals surface area contributed by atoms with E-state index in [0.717, 1.165) is 58.0 Å². The summed E-state index contributed by atoms with van der Waals surface area (Å²) in [7, 11) is 0. The number of benzene rings is 1. The Kier molecular flexibility index (Phi) is 21.0. The summed E-state index contributed by atoms with van der Waals surface area (Å²) in [6.45, 7) is 6.42. The third-order valence-corrected chi connectivity index (χ3v) is 6.44. The summed E-state index contributed by atoms with van der Waals surface area (Å²) in [5.74, 6) is -0.204. The van der Waals surface area contributed by atoms with Gasteiger partial charge >= 0.3 is 11.9 Å². The van der Waals surface area contributed by atoms with Gasteiger partial charge in [0.1, 0.15) is 0 Å². The third-order valence-electron chi connectivity index (χ3n) is 6.44. The summed E-state index contributed by atoms with van der Waals surface area (Å²) in [5.41, 5.74) is 1.19. The molecule has 0 saturated heterocycles. The van der Waals surface area contributed by atoms with Crippen molar-refractivity contribution in [2.75, 3.05) is 19.8 Å². The van der Waals surface area contributed by atoms with Crippen molar-refractivity contribution in [3.63, 3.8) is 0 Å². The van der Waals surface area contributed by atoms with Crippen LogP contribution in [0.25, 0.3) is 0 Å². The average Bonchev–Trinajstić information content (AvgIpc) is 2.89. The monoisotopic (exact) mass is 504 g/mol. The number of carbonyl (C=O) groups is 2. The molecule has 0 radical (unpaired) electrons. The van der Waals surface area contributed by atoms with E-state index in [1.54, 1.807) is 0 Å². The second kappa shape index (κ2) is 23.5. The molecule has 0 saturated carbocycles. The first-order chi connectivity index (χ1) is 17.7. The number of hydrogen-bond acceptors (Lipinski definition) is 5. The van der Waals surface area contributed by atoms with Gasteiger partial charge in [-0.1, -0.05) is 108 Å². The Balaban J connectivity index is 2.27. The summed E-state index contributed by atoms with van der Waals surface area (Å²) in [6.07, 6.45) is 16.0. The zero-order valence-electron chi connectivity index (χ0n) is 23.1. The van der Waals surface area contributed by atoms with E-state index in [1.807, 2.05) is 18.2 Å². The highest BCUT2D eigenvalue weighted by Gasteiger charge is 2.15. The van der Waals surface area contributed by atoms with Gasteiger partial charge in [0.05, 0.1) is 19.8 Å². The van der Waals surface area contributed by atoms with Crippen molar-refractivity contribution in [3.05, 3.63) is 35.9 Å². The minimum Gasteiger partial charge on any atom is -0.465 e. The highest BCUT2D eigenvalue weighted by atomic mass is 16.5. The van der Waals surface area contributed by atoms with Gasteiger partial charge in [-0.15, -0.1) is 0 Å². The molecule has 0 aliphatic heterocycles. The van der Waals surface area contributed by atoms with Gasteiger partial charge in [0.2, 0.25) is 0 Å². The lowest BCUT2D eigenvalue weighted by atomic mass is 10.0. The average molecular weight is 505 g/mol. The van der Waals surface area contributed by atoms with Gasteiger partial charge in [-0.3, -0.25) is 9.59 Å². The van der Waals surface area contributed by atoms with Crippen molar-refractivity contribution in [1.82, 2.24) is 0 Å². The van der Waals surface area contributed by atoms with Gasteiger partial charge in [-0.05, 0) is 31.2 Å². The quantitative estimate of drug-likeness (QED) is 0.105. The van der Waals surface area contributed by atoms with Gasteiger partial charge in [0, 0.05) is 25.4 Å². The molecule has 5 heteroatoms. The van der Waals surface area contributed by atoms with Crippen molar-refractivity contribution in [3.8, 4) is 0 Å². The summed E-state index contributed by atoms with van der Waals surface area (Å²) >= 11 is 0. The number of ether oxygens (including phenoxy) is 3. The van der Waals surface area contributed by atoms with E-state index < -0.39 is 0 Å². The van der Waals surface area contributed by atoms with Crippen LogP contribution in [0.15, 0.2) is 30.3 Å². The Morgan fingerprint density at radius 1 is 0.667 bits per heavy atom. The van der Waals surface area contributed by atoms with E-state index in [-0.39, 0.29) is 17.9 Å². The van der Waals surface area contributed by atoms with Gasteiger partial charge in [0.25, 0.3) is 0 Å². The molecule has 0 fully saturated rings. The third kappa shape index (κ3) is 19.3. The first kappa shape index (κ1) is 32.1. The lowest BCUT2D eigenvalue weighted by Crippen LogP contribution is -2.21. The van der Waals surface area contributed by atoms with Crippen LogP contribution >= 0.6 is 0 Å². The van der Waals surface area contributed by atoms with Crippen molar-refractivity contribution in [2.45, 2.75) is 123 Å². The molecule has 0 spiro atoms. The van der Waals surface area contributed by atoms with Crippen LogP contribution in [-0.2, 0) is 30.4 Å². The number of hydrogen-bond donors (Lipinski definition) is 0. The van der Waals surface area contributed by atoms with Crippen LogP contribution in [0, 0.1) is 5.92 Å². The predicted octanol–water partition coefficient (Wildman–Crippen LogP) is 8.19. The Labute approximate surface area is 220 Å². The molecule has 0 aliphatic rings. The van der Waals surface area contributed by atoms with E-state index in [0.29, 0.717) is 32.7 Å². The van der Waals surface area contributed by atoms with E-state index in [2.05, 4.69) is 26.0 Å². The molecule has 36 heavy (non-hydrogen) atoms. The number of unbranched alkanes of at least 4 members (excludes halogenated alkanes) is 10. The van der Waals surface area contributed by atoms with Gasteiger partial charge in [-0.2, -0.15) is 0 Å². The molecule has 0 unspecified atom stereocenters. The molecule has 5 nitrogen and oxygen atoms in total. The van der Waals surface area contributed by atoms with Crippen LogP contribution in [0.5, 0.6) is 0 Å². The molecule has 0 aromatic heterocycles. The molecule has 0 aliphatic carbocycles. The normalized spacial score (nSPS) is 11.1. The molecule has 1 aromatic carbocycles. The molecule has 0 N–H and O–H groups in total. The lowest BCUT2D eigenvalue weighted by molar-refractivity contribution is -0.149. The first-order valence-electron chi connectivity index (χ1n) is 14.6. The highest BCUT2D eigenvalue weighted by Crippen LogP contribution is 2.14. The molecular formula is C31H52O5. The maximum atomic E-state index is 12.2. The molecule has 206 valence electrons.